The van der Waals surface area contributed by atoms with Gasteiger partial charge in [-0.1, -0.05) is 18.2 Å². The van der Waals surface area contributed by atoms with E-state index >= 15 is 0 Å². The Morgan fingerprint density at radius 3 is 2.48 bits per heavy atom. The third-order valence-electron chi connectivity index (χ3n) is 5.54. The fraction of sp³-hybridized carbons (Fsp3) is 0.409. The average Bonchev–Trinajstić information content (AvgIpc) is 2.74. The Labute approximate surface area is 172 Å². The van der Waals surface area contributed by atoms with E-state index in [0.717, 1.165) is 22.4 Å². The van der Waals surface area contributed by atoms with Crippen LogP contribution in [-0.4, -0.2) is 38.8 Å². The molecule has 2 aromatic rings. The van der Waals surface area contributed by atoms with E-state index in [4.69, 9.17) is 4.74 Å². The average molecular weight is 417 g/mol. The highest BCUT2D eigenvalue weighted by molar-refractivity contribution is 7.89. The predicted molar refractivity (Wildman–Crippen MR) is 112 cm³/mol. The molecular formula is C22H28N2O4S. The predicted octanol–water partition coefficient (Wildman–Crippen LogP) is 3.03. The van der Waals surface area contributed by atoms with Crippen LogP contribution in [0.1, 0.15) is 29.5 Å². The summed E-state index contributed by atoms with van der Waals surface area (Å²) < 4.78 is 32.5. The summed E-state index contributed by atoms with van der Waals surface area (Å²) in [6.07, 6.45) is 1.04. The summed E-state index contributed by atoms with van der Waals surface area (Å²) in [6, 6.07) is 12.8. The second-order valence-corrected chi connectivity index (χ2v) is 9.43. The second-order valence-electron chi connectivity index (χ2n) is 7.49. The van der Waals surface area contributed by atoms with E-state index in [1.54, 1.807) is 19.2 Å². The van der Waals surface area contributed by atoms with E-state index in [-0.39, 0.29) is 11.8 Å². The van der Waals surface area contributed by atoms with Gasteiger partial charge in [0.1, 0.15) is 5.75 Å². The van der Waals surface area contributed by atoms with Gasteiger partial charge in [0.2, 0.25) is 15.9 Å². The van der Waals surface area contributed by atoms with Crippen LogP contribution < -0.4 is 10.1 Å². The van der Waals surface area contributed by atoms with Gasteiger partial charge in [-0.05, 0) is 67.6 Å². The van der Waals surface area contributed by atoms with Gasteiger partial charge in [0, 0.05) is 25.6 Å². The van der Waals surface area contributed by atoms with Gasteiger partial charge in [0.15, 0.2) is 0 Å². The van der Waals surface area contributed by atoms with Crippen molar-refractivity contribution in [1.29, 1.82) is 0 Å². The van der Waals surface area contributed by atoms with E-state index in [0.29, 0.717) is 37.4 Å². The lowest BCUT2D eigenvalue weighted by atomic mass is 9.97. The maximum absolute atomic E-state index is 12.9. The molecule has 1 amide bonds. The van der Waals surface area contributed by atoms with Crippen LogP contribution in [0.5, 0.6) is 5.75 Å². The Hall–Kier alpha value is -2.38. The van der Waals surface area contributed by atoms with Gasteiger partial charge in [-0.25, -0.2) is 8.42 Å². The number of methoxy groups -OCH3 is 1. The Morgan fingerprint density at radius 1 is 1.10 bits per heavy atom. The number of sulfonamides is 1. The molecule has 1 aliphatic heterocycles. The SMILES string of the molecule is COc1cccc(CNC(=O)C2CCN(S(=O)(=O)c3ccc(C)c(C)c3)CC2)c1. The number of aryl methyl sites for hydroxylation is 2. The summed E-state index contributed by atoms with van der Waals surface area (Å²) >= 11 is 0. The number of carbonyl (C=O) groups is 1. The lowest BCUT2D eigenvalue weighted by Crippen LogP contribution is -2.42. The number of rotatable bonds is 6. The lowest BCUT2D eigenvalue weighted by molar-refractivity contribution is -0.126. The number of hydrogen-bond donors (Lipinski definition) is 1. The molecule has 1 saturated heterocycles. The molecule has 6 nitrogen and oxygen atoms in total. The first kappa shape index (κ1) is 21.3. The molecule has 0 aliphatic carbocycles. The van der Waals surface area contributed by atoms with Gasteiger partial charge >= 0.3 is 0 Å². The first-order valence-corrected chi connectivity index (χ1v) is 11.2. The van der Waals surface area contributed by atoms with Crippen LogP contribution in [-0.2, 0) is 21.4 Å². The van der Waals surface area contributed by atoms with Crippen molar-refractivity contribution in [3.63, 3.8) is 0 Å². The van der Waals surface area contributed by atoms with Crippen molar-refractivity contribution in [3.8, 4) is 5.75 Å². The van der Waals surface area contributed by atoms with E-state index < -0.39 is 10.0 Å². The lowest BCUT2D eigenvalue weighted by Gasteiger charge is -2.30. The fourth-order valence-corrected chi connectivity index (χ4v) is 5.05. The Morgan fingerprint density at radius 2 is 1.83 bits per heavy atom. The summed E-state index contributed by atoms with van der Waals surface area (Å²) in [4.78, 5) is 12.8. The van der Waals surface area contributed by atoms with Gasteiger partial charge in [-0.3, -0.25) is 4.79 Å². The van der Waals surface area contributed by atoms with Crippen LogP contribution in [0.25, 0.3) is 0 Å². The minimum atomic E-state index is -3.53. The van der Waals surface area contributed by atoms with Crippen molar-refractivity contribution in [2.24, 2.45) is 5.92 Å². The minimum absolute atomic E-state index is 0.0314. The Kier molecular flexibility index (Phi) is 6.59. The molecular weight excluding hydrogens is 388 g/mol. The van der Waals surface area contributed by atoms with Gasteiger partial charge in [0.05, 0.1) is 12.0 Å². The smallest absolute Gasteiger partial charge is 0.243 e. The number of ether oxygens (including phenoxy) is 1. The molecule has 0 saturated carbocycles. The highest BCUT2D eigenvalue weighted by Crippen LogP contribution is 2.25. The molecule has 2 aromatic carbocycles. The topological polar surface area (TPSA) is 75.7 Å². The number of nitrogens with one attached hydrogen (secondary N) is 1. The standard InChI is InChI=1S/C22H28N2O4S/c1-16-7-8-21(13-17(16)2)29(26,27)24-11-9-19(10-12-24)22(25)23-15-18-5-4-6-20(14-18)28-3/h4-8,13-14,19H,9-12,15H2,1-3H3,(H,23,25). The molecule has 0 atom stereocenters. The van der Waals surface area contributed by atoms with Crippen LogP contribution in [0.4, 0.5) is 0 Å². The minimum Gasteiger partial charge on any atom is -0.497 e. The zero-order valence-corrected chi connectivity index (χ0v) is 18.0. The zero-order valence-electron chi connectivity index (χ0n) is 17.1. The zero-order chi connectivity index (χ0) is 21.0. The number of nitrogens with zero attached hydrogens (tertiary/aromatic N) is 1. The molecule has 0 bridgehead atoms. The molecule has 0 spiro atoms. The number of carbonyl (C=O) groups excluding carboxylic acids is 1. The monoisotopic (exact) mass is 416 g/mol. The highest BCUT2D eigenvalue weighted by Gasteiger charge is 2.32. The molecule has 0 unspecified atom stereocenters. The van der Waals surface area contributed by atoms with E-state index in [1.165, 1.54) is 4.31 Å². The maximum atomic E-state index is 12.9. The number of hydrogen-bond acceptors (Lipinski definition) is 4. The molecule has 1 aliphatic rings. The van der Waals surface area contributed by atoms with Crippen molar-refractivity contribution in [1.82, 2.24) is 9.62 Å². The van der Waals surface area contributed by atoms with Crippen molar-refractivity contribution >= 4 is 15.9 Å². The molecule has 29 heavy (non-hydrogen) atoms. The van der Waals surface area contributed by atoms with Crippen LogP contribution in [0.15, 0.2) is 47.4 Å². The van der Waals surface area contributed by atoms with Gasteiger partial charge < -0.3 is 10.1 Å². The van der Waals surface area contributed by atoms with E-state index in [2.05, 4.69) is 5.32 Å². The summed E-state index contributed by atoms with van der Waals surface area (Å²) in [5, 5.41) is 2.96. The number of amides is 1. The normalized spacial score (nSPS) is 15.8. The van der Waals surface area contributed by atoms with Crippen molar-refractivity contribution < 1.29 is 17.9 Å². The largest absolute Gasteiger partial charge is 0.497 e. The number of piperidine rings is 1. The Bertz CT molecular complexity index is 980. The van der Waals surface area contributed by atoms with Gasteiger partial charge in [0.25, 0.3) is 0 Å². The summed E-state index contributed by atoms with van der Waals surface area (Å²) in [5.74, 6) is 0.546. The summed E-state index contributed by atoms with van der Waals surface area (Å²) in [5.41, 5.74) is 2.99. The summed E-state index contributed by atoms with van der Waals surface area (Å²) in [6.45, 7) is 5.00. The van der Waals surface area contributed by atoms with E-state index in [9.17, 15) is 13.2 Å². The van der Waals surface area contributed by atoms with Crippen LogP contribution >= 0.6 is 0 Å². The third kappa shape index (κ3) is 4.97. The van der Waals surface area contributed by atoms with Crippen molar-refractivity contribution in [3.05, 3.63) is 59.2 Å². The molecule has 156 valence electrons. The maximum Gasteiger partial charge on any atom is 0.243 e. The van der Waals surface area contributed by atoms with Gasteiger partial charge in [-0.2, -0.15) is 4.31 Å². The molecule has 1 heterocycles. The highest BCUT2D eigenvalue weighted by atomic mass is 32.2. The van der Waals surface area contributed by atoms with Crippen LogP contribution in [0.2, 0.25) is 0 Å². The van der Waals surface area contributed by atoms with Crippen molar-refractivity contribution in [2.45, 2.75) is 38.1 Å². The molecule has 1 N–H and O–H groups in total. The molecule has 1 fully saturated rings. The second kappa shape index (κ2) is 8.97. The quantitative estimate of drug-likeness (QED) is 0.785. The van der Waals surface area contributed by atoms with E-state index in [1.807, 2.05) is 44.2 Å². The fourth-order valence-electron chi connectivity index (χ4n) is 3.50. The van der Waals surface area contributed by atoms with Gasteiger partial charge in [-0.15, -0.1) is 0 Å². The third-order valence-corrected chi connectivity index (χ3v) is 7.44. The molecule has 0 aromatic heterocycles. The first-order valence-electron chi connectivity index (χ1n) is 9.79. The Balaban J connectivity index is 1.56. The summed E-state index contributed by atoms with van der Waals surface area (Å²) in [7, 11) is -1.92. The number of benzene rings is 2. The molecule has 7 heteroatoms. The molecule has 3 rings (SSSR count). The van der Waals surface area contributed by atoms with Crippen LogP contribution in [0.3, 0.4) is 0 Å². The first-order chi connectivity index (χ1) is 13.8. The van der Waals surface area contributed by atoms with Crippen molar-refractivity contribution in [2.75, 3.05) is 20.2 Å². The molecule has 0 radical (unpaired) electrons. The van der Waals surface area contributed by atoms with Crippen LogP contribution in [0, 0.1) is 19.8 Å².